The largest absolute Gasteiger partial charge is 0.440 e. The molecular weight excluding hydrogens is 256 g/mol. The monoisotopic (exact) mass is 266 g/mol. The minimum absolute atomic E-state index is 0.238. The second-order valence-electron chi connectivity index (χ2n) is 4.76. The summed E-state index contributed by atoms with van der Waals surface area (Å²) in [5, 5.41) is 2.15. The molecule has 0 atom stereocenters. The molecule has 20 heavy (non-hydrogen) atoms. The van der Waals surface area contributed by atoms with Gasteiger partial charge in [-0.3, -0.25) is 14.8 Å². The van der Waals surface area contributed by atoms with Gasteiger partial charge >= 0.3 is 5.69 Å². The molecule has 5 nitrogen and oxygen atoms in total. The normalized spacial score (nSPS) is 12.6. The first-order valence-electron chi connectivity index (χ1n) is 6.26. The predicted octanol–water partition coefficient (Wildman–Crippen LogP) is 1.91. The fraction of sp³-hybridized carbons (Fsp3) is 0.0667. The molecule has 0 unspecified atom stereocenters. The zero-order valence-electron chi connectivity index (χ0n) is 10.4. The Bertz CT molecular complexity index is 953. The molecule has 98 valence electrons. The highest BCUT2D eigenvalue weighted by Crippen LogP contribution is 2.37. The topological polar surface area (TPSA) is 75.0 Å². The van der Waals surface area contributed by atoms with Gasteiger partial charge in [0, 0.05) is 12.0 Å². The Morgan fingerprint density at radius 1 is 0.950 bits per heavy atom. The SMILES string of the molecule is O=c1[nH]c2c(c(=O)[nH]1)Cc1c(ccc3ccccc13)O2. The number of benzene rings is 2. The minimum Gasteiger partial charge on any atom is -0.440 e. The van der Waals surface area contributed by atoms with Crippen LogP contribution in [-0.4, -0.2) is 9.97 Å². The van der Waals surface area contributed by atoms with Crippen LogP contribution in [0.15, 0.2) is 46.0 Å². The maximum Gasteiger partial charge on any atom is 0.328 e. The summed E-state index contributed by atoms with van der Waals surface area (Å²) in [6.45, 7) is 0. The standard InChI is InChI=1S/C15H10N2O3/c18-13-11-7-10-9-4-2-1-3-8(9)5-6-12(10)20-14(11)17-15(19)16-13/h1-6H,7H2,(H2,16,17,18,19). The molecule has 2 heterocycles. The smallest absolute Gasteiger partial charge is 0.328 e. The van der Waals surface area contributed by atoms with Gasteiger partial charge in [0.25, 0.3) is 5.56 Å². The molecule has 5 heteroatoms. The van der Waals surface area contributed by atoms with E-state index in [2.05, 4.69) is 9.97 Å². The van der Waals surface area contributed by atoms with Crippen LogP contribution in [0.2, 0.25) is 0 Å². The van der Waals surface area contributed by atoms with E-state index in [1.165, 1.54) is 0 Å². The van der Waals surface area contributed by atoms with Crippen LogP contribution in [-0.2, 0) is 6.42 Å². The highest BCUT2D eigenvalue weighted by atomic mass is 16.5. The van der Waals surface area contributed by atoms with Crippen LogP contribution >= 0.6 is 0 Å². The molecule has 4 rings (SSSR count). The lowest BCUT2D eigenvalue weighted by atomic mass is 9.97. The quantitative estimate of drug-likeness (QED) is 0.510. The molecule has 1 aromatic heterocycles. The lowest BCUT2D eigenvalue weighted by molar-refractivity contribution is 0.436. The second-order valence-corrected chi connectivity index (χ2v) is 4.76. The molecule has 0 saturated carbocycles. The fourth-order valence-corrected chi connectivity index (χ4v) is 2.62. The molecular formula is C15H10N2O3. The zero-order valence-corrected chi connectivity index (χ0v) is 10.4. The maximum atomic E-state index is 11.9. The molecule has 0 aliphatic carbocycles. The van der Waals surface area contributed by atoms with Crippen LogP contribution in [0.5, 0.6) is 11.6 Å². The number of H-pyrrole nitrogens is 2. The highest BCUT2D eigenvalue weighted by Gasteiger charge is 2.22. The molecule has 2 aromatic carbocycles. The molecule has 1 aliphatic heterocycles. The van der Waals surface area contributed by atoms with E-state index in [-0.39, 0.29) is 5.88 Å². The number of hydrogen-bond acceptors (Lipinski definition) is 3. The van der Waals surface area contributed by atoms with Crippen molar-refractivity contribution in [1.82, 2.24) is 9.97 Å². The van der Waals surface area contributed by atoms with Crippen molar-refractivity contribution in [1.29, 1.82) is 0 Å². The summed E-state index contributed by atoms with van der Waals surface area (Å²) in [7, 11) is 0. The van der Waals surface area contributed by atoms with Gasteiger partial charge in [0.2, 0.25) is 5.88 Å². The summed E-state index contributed by atoms with van der Waals surface area (Å²) in [4.78, 5) is 27.9. The van der Waals surface area contributed by atoms with Gasteiger partial charge in [-0.2, -0.15) is 0 Å². The Morgan fingerprint density at radius 3 is 2.70 bits per heavy atom. The highest BCUT2D eigenvalue weighted by molar-refractivity contribution is 5.88. The zero-order chi connectivity index (χ0) is 13.7. The third-order valence-electron chi connectivity index (χ3n) is 3.57. The van der Waals surface area contributed by atoms with E-state index in [0.717, 1.165) is 16.3 Å². The van der Waals surface area contributed by atoms with Gasteiger partial charge in [-0.05, 0) is 16.8 Å². The van der Waals surface area contributed by atoms with Crippen LogP contribution in [0.4, 0.5) is 0 Å². The molecule has 0 amide bonds. The maximum absolute atomic E-state index is 11.9. The number of aromatic nitrogens is 2. The molecule has 3 aromatic rings. The first kappa shape index (κ1) is 11.0. The Hall–Kier alpha value is -2.82. The van der Waals surface area contributed by atoms with E-state index in [0.29, 0.717) is 17.7 Å². The van der Waals surface area contributed by atoms with Gasteiger partial charge < -0.3 is 4.74 Å². The molecule has 2 N–H and O–H groups in total. The van der Waals surface area contributed by atoms with Gasteiger partial charge in [-0.25, -0.2) is 4.79 Å². The lowest BCUT2D eigenvalue weighted by Crippen LogP contribution is -2.28. The van der Waals surface area contributed by atoms with Crippen molar-refractivity contribution in [3.05, 3.63) is 68.4 Å². The van der Waals surface area contributed by atoms with Crippen LogP contribution < -0.4 is 16.0 Å². The Balaban J connectivity index is 2.01. The third kappa shape index (κ3) is 1.50. The minimum atomic E-state index is -0.557. The van der Waals surface area contributed by atoms with E-state index in [4.69, 9.17) is 4.74 Å². The third-order valence-corrected chi connectivity index (χ3v) is 3.57. The number of nitrogens with one attached hydrogen (secondary N) is 2. The summed E-state index contributed by atoms with van der Waals surface area (Å²) >= 11 is 0. The molecule has 0 saturated heterocycles. The van der Waals surface area contributed by atoms with Crippen molar-refractivity contribution in [3.8, 4) is 11.6 Å². The average Bonchev–Trinajstić information content (AvgIpc) is 2.45. The molecule has 0 fully saturated rings. The van der Waals surface area contributed by atoms with Crippen molar-refractivity contribution in [2.75, 3.05) is 0 Å². The van der Waals surface area contributed by atoms with E-state index >= 15 is 0 Å². The van der Waals surface area contributed by atoms with Crippen LogP contribution in [0.25, 0.3) is 10.8 Å². The van der Waals surface area contributed by atoms with Crippen LogP contribution in [0, 0.1) is 0 Å². The van der Waals surface area contributed by atoms with E-state index < -0.39 is 11.2 Å². The summed E-state index contributed by atoms with van der Waals surface area (Å²) in [5.41, 5.74) is 0.460. The van der Waals surface area contributed by atoms with E-state index in [9.17, 15) is 9.59 Å². The van der Waals surface area contributed by atoms with Crippen molar-refractivity contribution in [3.63, 3.8) is 0 Å². The second kappa shape index (κ2) is 3.84. The van der Waals surface area contributed by atoms with Crippen LogP contribution in [0.1, 0.15) is 11.1 Å². The Labute approximate surface area is 112 Å². The van der Waals surface area contributed by atoms with Crippen LogP contribution in [0.3, 0.4) is 0 Å². The average molecular weight is 266 g/mol. The number of hydrogen-bond donors (Lipinski definition) is 2. The van der Waals surface area contributed by atoms with Gasteiger partial charge in [0.05, 0.1) is 5.56 Å². The van der Waals surface area contributed by atoms with Crippen molar-refractivity contribution < 1.29 is 4.74 Å². The number of rotatable bonds is 0. The Kier molecular flexibility index (Phi) is 2.12. The van der Waals surface area contributed by atoms with E-state index in [1.54, 1.807) is 0 Å². The van der Waals surface area contributed by atoms with Gasteiger partial charge in [0.1, 0.15) is 5.75 Å². The lowest BCUT2D eigenvalue weighted by Gasteiger charge is -2.20. The molecule has 0 radical (unpaired) electrons. The van der Waals surface area contributed by atoms with Gasteiger partial charge in [0.15, 0.2) is 0 Å². The number of aromatic amines is 2. The predicted molar refractivity (Wildman–Crippen MR) is 74.5 cm³/mol. The van der Waals surface area contributed by atoms with Gasteiger partial charge in [-0.15, -0.1) is 0 Å². The van der Waals surface area contributed by atoms with Gasteiger partial charge in [-0.1, -0.05) is 30.3 Å². The molecule has 0 bridgehead atoms. The van der Waals surface area contributed by atoms with Crippen molar-refractivity contribution in [2.45, 2.75) is 6.42 Å². The van der Waals surface area contributed by atoms with Crippen molar-refractivity contribution >= 4 is 10.8 Å². The number of ether oxygens (including phenoxy) is 1. The van der Waals surface area contributed by atoms with E-state index in [1.807, 2.05) is 36.4 Å². The summed E-state index contributed by atoms with van der Waals surface area (Å²) in [6.07, 6.45) is 0.443. The summed E-state index contributed by atoms with van der Waals surface area (Å²) in [6, 6.07) is 11.8. The first-order valence-corrected chi connectivity index (χ1v) is 6.26. The van der Waals surface area contributed by atoms with Crippen molar-refractivity contribution in [2.24, 2.45) is 0 Å². The fourth-order valence-electron chi connectivity index (χ4n) is 2.62. The summed E-state index contributed by atoms with van der Waals surface area (Å²) in [5.74, 6) is 0.916. The molecule has 0 spiro atoms. The number of fused-ring (bicyclic) bond motifs is 4. The Morgan fingerprint density at radius 2 is 1.80 bits per heavy atom. The summed E-state index contributed by atoms with van der Waals surface area (Å²) < 4.78 is 5.67. The first-order chi connectivity index (χ1) is 9.72. The molecule has 1 aliphatic rings.